The standard InChI is InChI=1S/C13H20N2O2/c1-9-8-12(10(2)17-9)13(16)14-11-4-6-15(3)7-5-11/h8,11H,4-7H2,1-3H3,(H,14,16). The Kier molecular flexibility index (Phi) is 3.52. The molecule has 4 nitrogen and oxygen atoms in total. The number of piperidine rings is 1. The van der Waals surface area contributed by atoms with E-state index >= 15 is 0 Å². The maximum absolute atomic E-state index is 12.0. The van der Waals surface area contributed by atoms with Crippen LogP contribution < -0.4 is 5.32 Å². The van der Waals surface area contributed by atoms with Gasteiger partial charge in [0.05, 0.1) is 5.56 Å². The summed E-state index contributed by atoms with van der Waals surface area (Å²) in [5.41, 5.74) is 0.668. The van der Waals surface area contributed by atoms with Crippen LogP contribution in [0.5, 0.6) is 0 Å². The normalized spacial score (nSPS) is 18.3. The van der Waals surface area contributed by atoms with Gasteiger partial charge in [-0.3, -0.25) is 4.79 Å². The van der Waals surface area contributed by atoms with Gasteiger partial charge in [-0.2, -0.15) is 0 Å². The Labute approximate surface area is 102 Å². The third-order valence-corrected chi connectivity index (χ3v) is 3.34. The van der Waals surface area contributed by atoms with Gasteiger partial charge in [-0.25, -0.2) is 0 Å². The summed E-state index contributed by atoms with van der Waals surface area (Å²) in [4.78, 5) is 14.3. The first-order valence-corrected chi connectivity index (χ1v) is 6.12. The van der Waals surface area contributed by atoms with Crippen molar-refractivity contribution >= 4 is 5.91 Å². The van der Waals surface area contributed by atoms with Gasteiger partial charge in [-0.1, -0.05) is 0 Å². The summed E-state index contributed by atoms with van der Waals surface area (Å²) in [6.45, 7) is 5.79. The van der Waals surface area contributed by atoms with E-state index in [0.717, 1.165) is 31.7 Å². The SMILES string of the molecule is Cc1cc(C(=O)NC2CCN(C)CC2)c(C)o1. The van der Waals surface area contributed by atoms with Crippen molar-refractivity contribution in [3.8, 4) is 0 Å². The second kappa shape index (κ2) is 4.92. The zero-order chi connectivity index (χ0) is 12.4. The molecule has 2 heterocycles. The maximum atomic E-state index is 12.0. The number of hydrogen-bond donors (Lipinski definition) is 1. The quantitative estimate of drug-likeness (QED) is 0.850. The highest BCUT2D eigenvalue weighted by atomic mass is 16.3. The molecule has 0 atom stereocenters. The average molecular weight is 236 g/mol. The second-order valence-electron chi connectivity index (χ2n) is 4.88. The molecule has 1 saturated heterocycles. The molecule has 4 heteroatoms. The van der Waals surface area contributed by atoms with E-state index in [1.165, 1.54) is 0 Å². The third-order valence-electron chi connectivity index (χ3n) is 3.34. The molecule has 1 aliphatic heterocycles. The number of hydrogen-bond acceptors (Lipinski definition) is 3. The van der Waals surface area contributed by atoms with Crippen LogP contribution in [0.4, 0.5) is 0 Å². The molecule has 0 bridgehead atoms. The van der Waals surface area contributed by atoms with E-state index in [0.29, 0.717) is 17.4 Å². The van der Waals surface area contributed by atoms with Crippen molar-refractivity contribution in [3.63, 3.8) is 0 Å². The van der Waals surface area contributed by atoms with Gasteiger partial charge in [0, 0.05) is 6.04 Å². The summed E-state index contributed by atoms with van der Waals surface area (Å²) < 4.78 is 5.37. The maximum Gasteiger partial charge on any atom is 0.255 e. The van der Waals surface area contributed by atoms with Crippen LogP contribution in [0.15, 0.2) is 10.5 Å². The smallest absolute Gasteiger partial charge is 0.255 e. The number of rotatable bonds is 2. The van der Waals surface area contributed by atoms with Crippen molar-refractivity contribution in [2.24, 2.45) is 0 Å². The summed E-state index contributed by atoms with van der Waals surface area (Å²) in [6.07, 6.45) is 2.05. The number of furan rings is 1. The minimum Gasteiger partial charge on any atom is -0.466 e. The Morgan fingerprint density at radius 1 is 1.41 bits per heavy atom. The Hall–Kier alpha value is -1.29. The van der Waals surface area contributed by atoms with Crippen LogP contribution in [0.3, 0.4) is 0 Å². The first-order valence-electron chi connectivity index (χ1n) is 6.12. The molecule has 94 valence electrons. The van der Waals surface area contributed by atoms with Crippen molar-refractivity contribution < 1.29 is 9.21 Å². The molecule has 1 aromatic rings. The van der Waals surface area contributed by atoms with Gasteiger partial charge in [0.15, 0.2) is 0 Å². The number of nitrogens with one attached hydrogen (secondary N) is 1. The van der Waals surface area contributed by atoms with Crippen LogP contribution in [0.1, 0.15) is 34.7 Å². The number of aryl methyl sites for hydroxylation is 2. The number of likely N-dealkylation sites (tertiary alicyclic amines) is 1. The first kappa shape index (κ1) is 12.2. The average Bonchev–Trinajstić information content (AvgIpc) is 2.61. The number of carbonyl (C=O) groups excluding carboxylic acids is 1. The summed E-state index contributed by atoms with van der Waals surface area (Å²) in [5, 5.41) is 3.08. The fourth-order valence-corrected chi connectivity index (χ4v) is 2.27. The summed E-state index contributed by atoms with van der Waals surface area (Å²) in [6, 6.07) is 2.10. The number of carbonyl (C=O) groups is 1. The molecule has 17 heavy (non-hydrogen) atoms. The topological polar surface area (TPSA) is 45.5 Å². The monoisotopic (exact) mass is 236 g/mol. The van der Waals surface area contributed by atoms with Crippen LogP contribution in [-0.2, 0) is 0 Å². The Bertz CT molecular complexity index is 404. The molecule has 0 radical (unpaired) electrons. The molecule has 1 aliphatic rings. The molecule has 0 unspecified atom stereocenters. The van der Waals surface area contributed by atoms with Crippen molar-refractivity contribution in [1.82, 2.24) is 10.2 Å². The van der Waals surface area contributed by atoms with E-state index in [1.807, 2.05) is 13.8 Å². The minimum absolute atomic E-state index is 0.00565. The van der Waals surface area contributed by atoms with Crippen molar-refractivity contribution in [2.75, 3.05) is 20.1 Å². The lowest BCUT2D eigenvalue weighted by atomic mass is 10.1. The summed E-state index contributed by atoms with van der Waals surface area (Å²) in [5.74, 6) is 1.48. The van der Waals surface area contributed by atoms with Gasteiger partial charge in [0.1, 0.15) is 11.5 Å². The van der Waals surface area contributed by atoms with Crippen molar-refractivity contribution in [1.29, 1.82) is 0 Å². The zero-order valence-corrected chi connectivity index (χ0v) is 10.7. The predicted octanol–water partition coefficient (Wildman–Crippen LogP) is 1.72. The van der Waals surface area contributed by atoms with Gasteiger partial charge < -0.3 is 14.6 Å². The fraction of sp³-hybridized carbons (Fsp3) is 0.615. The predicted molar refractivity (Wildman–Crippen MR) is 66.2 cm³/mol. The van der Waals surface area contributed by atoms with E-state index in [-0.39, 0.29) is 5.91 Å². The molecule has 1 fully saturated rings. The minimum atomic E-state index is -0.00565. The Morgan fingerprint density at radius 3 is 2.59 bits per heavy atom. The van der Waals surface area contributed by atoms with Gasteiger partial charge in [0.2, 0.25) is 0 Å². The molecule has 1 aromatic heterocycles. The second-order valence-corrected chi connectivity index (χ2v) is 4.88. The number of nitrogens with zero attached hydrogens (tertiary/aromatic N) is 1. The molecule has 0 aromatic carbocycles. The highest BCUT2D eigenvalue weighted by Crippen LogP contribution is 2.15. The van der Waals surface area contributed by atoms with Gasteiger partial charge >= 0.3 is 0 Å². The highest BCUT2D eigenvalue weighted by Gasteiger charge is 2.21. The van der Waals surface area contributed by atoms with Crippen molar-refractivity contribution in [2.45, 2.75) is 32.7 Å². The first-order chi connectivity index (χ1) is 8.06. The van der Waals surface area contributed by atoms with Crippen LogP contribution in [0.2, 0.25) is 0 Å². The van der Waals surface area contributed by atoms with Gasteiger partial charge in [0.25, 0.3) is 5.91 Å². The van der Waals surface area contributed by atoms with E-state index in [9.17, 15) is 4.79 Å². The van der Waals surface area contributed by atoms with Gasteiger partial charge in [-0.15, -0.1) is 0 Å². The van der Waals surface area contributed by atoms with Gasteiger partial charge in [-0.05, 0) is 52.9 Å². The zero-order valence-electron chi connectivity index (χ0n) is 10.7. The van der Waals surface area contributed by atoms with E-state index in [4.69, 9.17) is 4.42 Å². The van der Waals surface area contributed by atoms with Crippen molar-refractivity contribution in [3.05, 3.63) is 23.2 Å². The molecule has 1 amide bonds. The molecular weight excluding hydrogens is 216 g/mol. The van der Waals surface area contributed by atoms with Crippen LogP contribution in [0.25, 0.3) is 0 Å². The lowest BCUT2D eigenvalue weighted by Gasteiger charge is -2.29. The van der Waals surface area contributed by atoms with E-state index in [2.05, 4.69) is 17.3 Å². The molecular formula is C13H20N2O2. The molecule has 0 aliphatic carbocycles. The third kappa shape index (κ3) is 2.88. The summed E-state index contributed by atoms with van der Waals surface area (Å²) in [7, 11) is 2.11. The van der Waals surface area contributed by atoms with E-state index < -0.39 is 0 Å². The number of amides is 1. The molecule has 0 spiro atoms. The van der Waals surface area contributed by atoms with E-state index in [1.54, 1.807) is 6.07 Å². The lowest BCUT2D eigenvalue weighted by molar-refractivity contribution is 0.0915. The van der Waals surface area contributed by atoms with Crippen LogP contribution in [0, 0.1) is 13.8 Å². The highest BCUT2D eigenvalue weighted by molar-refractivity contribution is 5.95. The fourth-order valence-electron chi connectivity index (χ4n) is 2.27. The Morgan fingerprint density at radius 2 is 2.06 bits per heavy atom. The van der Waals surface area contributed by atoms with Crippen LogP contribution >= 0.6 is 0 Å². The molecule has 0 saturated carbocycles. The summed E-state index contributed by atoms with van der Waals surface area (Å²) >= 11 is 0. The largest absolute Gasteiger partial charge is 0.466 e. The lowest BCUT2D eigenvalue weighted by Crippen LogP contribution is -2.43. The van der Waals surface area contributed by atoms with Crippen LogP contribution in [-0.4, -0.2) is 37.0 Å². The molecule has 2 rings (SSSR count). The Balaban J connectivity index is 1.95. The molecule has 1 N–H and O–H groups in total.